The second-order valence-electron chi connectivity index (χ2n) is 4.63. The van der Waals surface area contributed by atoms with Gasteiger partial charge in [0.15, 0.2) is 5.52 Å². The Bertz CT molecular complexity index is 683. The number of carbonyl (C=O) groups excluding carboxylic acids is 1. The predicted octanol–water partition coefficient (Wildman–Crippen LogP) is 1.38. The summed E-state index contributed by atoms with van der Waals surface area (Å²) in [5, 5.41) is 18.2. The Balaban J connectivity index is 2.34. The number of anilines is 1. The van der Waals surface area contributed by atoms with Crippen molar-refractivity contribution in [3.8, 4) is 0 Å². The van der Waals surface area contributed by atoms with E-state index in [9.17, 15) is 14.9 Å². The van der Waals surface area contributed by atoms with E-state index in [4.69, 9.17) is 0 Å². The number of benzene rings is 1. The van der Waals surface area contributed by atoms with Crippen molar-refractivity contribution in [3.05, 3.63) is 22.2 Å². The van der Waals surface area contributed by atoms with Crippen LogP contribution in [0.25, 0.3) is 11.0 Å². The van der Waals surface area contributed by atoms with E-state index >= 15 is 0 Å². The third kappa shape index (κ3) is 2.76. The third-order valence-corrected chi connectivity index (χ3v) is 3.13. The molecule has 0 radical (unpaired) electrons. The standard InChI is InChI=1S/C12H14N4O5/c1-7(12(17)20-3)6-15(2)8-4-5-9(16(18)19)11-10(8)13-21-14-11/h4-5,7H,6H2,1-3H3. The summed E-state index contributed by atoms with van der Waals surface area (Å²) in [6.45, 7) is 2.10. The lowest BCUT2D eigenvalue weighted by Crippen LogP contribution is -2.29. The van der Waals surface area contributed by atoms with Crippen LogP contribution in [0.15, 0.2) is 16.8 Å². The minimum atomic E-state index is -0.548. The summed E-state index contributed by atoms with van der Waals surface area (Å²) < 4.78 is 9.27. The van der Waals surface area contributed by atoms with E-state index < -0.39 is 4.92 Å². The monoisotopic (exact) mass is 294 g/mol. The number of non-ortho nitro benzene ring substituents is 1. The van der Waals surface area contributed by atoms with Gasteiger partial charge >= 0.3 is 11.7 Å². The molecule has 9 heteroatoms. The molecule has 1 aromatic carbocycles. The molecule has 0 aliphatic heterocycles. The van der Waals surface area contributed by atoms with Crippen LogP contribution in [0.1, 0.15) is 6.92 Å². The number of hydrogen-bond donors (Lipinski definition) is 0. The molecule has 0 N–H and O–H groups in total. The summed E-state index contributed by atoms with van der Waals surface area (Å²) in [5.41, 5.74) is 0.774. The first-order valence-electron chi connectivity index (χ1n) is 6.14. The molecule has 0 aliphatic carbocycles. The van der Waals surface area contributed by atoms with Crippen LogP contribution in [0.5, 0.6) is 0 Å². The molecule has 0 saturated heterocycles. The first kappa shape index (κ1) is 14.7. The van der Waals surface area contributed by atoms with E-state index in [0.717, 1.165) is 0 Å². The topological polar surface area (TPSA) is 112 Å². The Kier molecular flexibility index (Phi) is 4.01. The number of fused-ring (bicyclic) bond motifs is 1. The van der Waals surface area contributed by atoms with Gasteiger partial charge in [-0.2, -0.15) is 0 Å². The van der Waals surface area contributed by atoms with E-state index in [0.29, 0.717) is 12.2 Å². The van der Waals surface area contributed by atoms with Gasteiger partial charge in [-0.1, -0.05) is 6.92 Å². The molecule has 1 atom stereocenters. The van der Waals surface area contributed by atoms with Gasteiger partial charge < -0.3 is 9.64 Å². The van der Waals surface area contributed by atoms with Crippen molar-refractivity contribution in [3.63, 3.8) is 0 Å². The summed E-state index contributed by atoms with van der Waals surface area (Å²) in [4.78, 5) is 23.6. The van der Waals surface area contributed by atoms with Crippen LogP contribution in [0.3, 0.4) is 0 Å². The van der Waals surface area contributed by atoms with Crippen molar-refractivity contribution < 1.29 is 19.1 Å². The largest absolute Gasteiger partial charge is 0.469 e. The second kappa shape index (κ2) is 5.73. The zero-order valence-electron chi connectivity index (χ0n) is 11.8. The van der Waals surface area contributed by atoms with Crippen LogP contribution >= 0.6 is 0 Å². The Hall–Kier alpha value is -2.71. The number of nitrogens with zero attached hydrogens (tertiary/aromatic N) is 4. The highest BCUT2D eigenvalue weighted by molar-refractivity contribution is 5.93. The molecule has 112 valence electrons. The van der Waals surface area contributed by atoms with E-state index in [2.05, 4.69) is 19.7 Å². The molecule has 0 saturated carbocycles. The van der Waals surface area contributed by atoms with Crippen LogP contribution in [0.4, 0.5) is 11.4 Å². The smallest absolute Gasteiger partial charge is 0.310 e. The lowest BCUT2D eigenvalue weighted by molar-refractivity contribution is -0.383. The molecule has 9 nitrogen and oxygen atoms in total. The van der Waals surface area contributed by atoms with Crippen LogP contribution < -0.4 is 4.90 Å². The zero-order valence-corrected chi connectivity index (χ0v) is 11.8. The van der Waals surface area contributed by atoms with Crippen molar-refractivity contribution in [1.82, 2.24) is 10.3 Å². The molecular formula is C12H14N4O5. The number of methoxy groups -OCH3 is 1. The fraction of sp³-hybridized carbons (Fsp3) is 0.417. The third-order valence-electron chi connectivity index (χ3n) is 3.13. The highest BCUT2D eigenvalue weighted by atomic mass is 16.6. The summed E-state index contributed by atoms with van der Waals surface area (Å²) >= 11 is 0. The summed E-state index contributed by atoms with van der Waals surface area (Å²) in [5.74, 6) is -0.691. The Morgan fingerprint density at radius 2 is 2.14 bits per heavy atom. The Morgan fingerprint density at radius 3 is 2.76 bits per heavy atom. The van der Waals surface area contributed by atoms with Gasteiger partial charge in [-0.25, -0.2) is 4.63 Å². The van der Waals surface area contributed by atoms with E-state index in [1.165, 1.54) is 13.2 Å². The maximum Gasteiger partial charge on any atom is 0.310 e. The Labute approximate surface area is 119 Å². The highest BCUT2D eigenvalue weighted by Crippen LogP contribution is 2.30. The summed E-state index contributed by atoms with van der Waals surface area (Å²) in [7, 11) is 3.07. The minimum absolute atomic E-state index is 0.0788. The van der Waals surface area contributed by atoms with Crippen molar-refractivity contribution in [1.29, 1.82) is 0 Å². The molecule has 0 amide bonds. The van der Waals surface area contributed by atoms with Crippen LogP contribution in [0, 0.1) is 16.0 Å². The normalized spacial score (nSPS) is 12.1. The first-order valence-corrected chi connectivity index (χ1v) is 6.14. The van der Waals surface area contributed by atoms with Crippen LogP contribution in [-0.4, -0.2) is 41.9 Å². The number of esters is 1. The number of nitro benzene ring substituents is 1. The molecular weight excluding hydrogens is 280 g/mol. The minimum Gasteiger partial charge on any atom is -0.469 e. The zero-order chi connectivity index (χ0) is 15.6. The number of rotatable bonds is 5. The molecule has 1 unspecified atom stereocenters. The van der Waals surface area contributed by atoms with Crippen LogP contribution in [0.2, 0.25) is 0 Å². The number of nitro groups is 1. The number of ether oxygens (including phenoxy) is 1. The molecule has 1 aromatic heterocycles. The number of aromatic nitrogens is 2. The number of carbonyl (C=O) groups is 1. The average Bonchev–Trinajstić information content (AvgIpc) is 2.93. The maximum atomic E-state index is 11.5. The van der Waals surface area contributed by atoms with Crippen molar-refractivity contribution in [2.24, 2.45) is 5.92 Å². The maximum absolute atomic E-state index is 11.5. The SMILES string of the molecule is COC(=O)C(C)CN(C)c1ccc([N+](=O)[O-])c2nonc12. The van der Waals surface area contributed by atoms with Gasteiger partial charge in [-0.05, 0) is 16.4 Å². The molecule has 0 bridgehead atoms. The van der Waals surface area contributed by atoms with Gasteiger partial charge in [0, 0.05) is 19.7 Å². The van der Waals surface area contributed by atoms with E-state index in [-0.39, 0.29) is 28.6 Å². The van der Waals surface area contributed by atoms with Crippen molar-refractivity contribution in [2.45, 2.75) is 6.92 Å². The van der Waals surface area contributed by atoms with Gasteiger partial charge in [0.25, 0.3) is 0 Å². The van der Waals surface area contributed by atoms with E-state index in [1.54, 1.807) is 24.9 Å². The van der Waals surface area contributed by atoms with E-state index in [1.807, 2.05) is 0 Å². The molecule has 1 heterocycles. The average molecular weight is 294 g/mol. The summed E-state index contributed by atoms with van der Waals surface area (Å²) in [6.07, 6.45) is 0. The van der Waals surface area contributed by atoms with Gasteiger partial charge in [0.1, 0.15) is 0 Å². The van der Waals surface area contributed by atoms with Crippen molar-refractivity contribution in [2.75, 3.05) is 25.6 Å². The second-order valence-corrected chi connectivity index (χ2v) is 4.63. The predicted molar refractivity (Wildman–Crippen MR) is 72.9 cm³/mol. The molecule has 0 aliphatic rings. The fourth-order valence-corrected chi connectivity index (χ4v) is 2.08. The lowest BCUT2D eigenvalue weighted by atomic mass is 10.1. The molecule has 2 rings (SSSR count). The van der Waals surface area contributed by atoms with Crippen molar-refractivity contribution >= 4 is 28.4 Å². The van der Waals surface area contributed by atoms with Crippen LogP contribution in [-0.2, 0) is 9.53 Å². The van der Waals surface area contributed by atoms with Gasteiger partial charge in [-0.15, -0.1) is 0 Å². The highest BCUT2D eigenvalue weighted by Gasteiger charge is 2.23. The molecule has 2 aromatic rings. The number of hydrogen-bond acceptors (Lipinski definition) is 8. The molecule has 0 spiro atoms. The fourth-order valence-electron chi connectivity index (χ4n) is 2.08. The molecule has 0 fully saturated rings. The first-order chi connectivity index (χ1) is 9.95. The lowest BCUT2D eigenvalue weighted by Gasteiger charge is -2.22. The Morgan fingerprint density at radius 1 is 1.48 bits per heavy atom. The summed E-state index contributed by atoms with van der Waals surface area (Å²) in [6, 6.07) is 2.88. The molecule has 21 heavy (non-hydrogen) atoms. The van der Waals surface area contributed by atoms with Gasteiger partial charge in [0.2, 0.25) is 5.52 Å². The van der Waals surface area contributed by atoms with Gasteiger partial charge in [0.05, 0.1) is 23.6 Å². The van der Waals surface area contributed by atoms with Gasteiger partial charge in [-0.3, -0.25) is 14.9 Å². The quantitative estimate of drug-likeness (QED) is 0.462.